The molecule has 4 rings (SSSR count). The Balaban J connectivity index is 0.000000219. The number of aryl methyl sites for hydroxylation is 2. The second-order valence-corrected chi connectivity index (χ2v) is 8.52. The molecule has 3 N–H and O–H groups in total. The van der Waals surface area contributed by atoms with E-state index in [0.717, 1.165) is 35.8 Å². The first kappa shape index (κ1) is 31.1. The maximum Gasteiger partial charge on any atom is 0.372 e. The number of ketones is 3. The van der Waals surface area contributed by atoms with E-state index in [2.05, 4.69) is 6.07 Å². The maximum absolute atomic E-state index is 11.4. The number of aromatic carboxylic acids is 1. The van der Waals surface area contributed by atoms with Gasteiger partial charge in [0.05, 0.1) is 18.6 Å². The van der Waals surface area contributed by atoms with Crippen molar-refractivity contribution in [2.45, 2.75) is 33.1 Å². The number of Topliss-reactive ketones (excluding diaryl/α,β-unsaturated/α-hetero) is 2. The van der Waals surface area contributed by atoms with Gasteiger partial charge < -0.3 is 20.1 Å². The number of rotatable bonds is 9. The van der Waals surface area contributed by atoms with Gasteiger partial charge in [-0.2, -0.15) is 0 Å². The second-order valence-electron chi connectivity index (χ2n) is 8.52. The van der Waals surface area contributed by atoms with E-state index in [1.54, 1.807) is 30.3 Å². The number of carbonyl (C=O) groups is 6. The first-order valence-corrected chi connectivity index (χ1v) is 12.1. The normalized spacial score (nSPS) is 11.1. The van der Waals surface area contributed by atoms with Crippen LogP contribution in [0.2, 0.25) is 0 Å². The molecule has 1 aliphatic carbocycles. The topological polar surface area (TPSA) is 172 Å². The molecule has 0 atom stereocenters. The number of allylic oxidation sites excluding steroid dienone is 1. The molecule has 0 radical (unpaired) electrons. The Kier molecular flexibility index (Phi) is 11.4. The average molecular weight is 549 g/mol. The molecule has 10 heteroatoms. The zero-order valence-corrected chi connectivity index (χ0v) is 21.9. The van der Waals surface area contributed by atoms with Crippen molar-refractivity contribution >= 4 is 46.0 Å². The van der Waals surface area contributed by atoms with Gasteiger partial charge in [0.25, 0.3) is 0 Å². The van der Waals surface area contributed by atoms with Crippen LogP contribution in [0.1, 0.15) is 52.1 Å². The molecule has 0 heterocycles. The zero-order chi connectivity index (χ0) is 29.8. The Labute approximate surface area is 229 Å². The molecule has 1 aliphatic rings. The standard InChI is InChI=1S/C13H10O2.C12H12O4.C5H6O4/c14-13(15)11-7-6-9-5-4-8-2-1-3-10(11)12(8)9;1-2-16-10-5-3-9(4-6-10)11(13)7-8-12(14)15;1-3(6)2-4(7)5(8)9/h1-3,6-7H,4-5H2,(H,14,15);3-8H,2H2,1H3,(H,14,15);2H2,1H3,(H,8,9). The molecule has 0 bridgehead atoms. The molecule has 3 aromatic rings. The minimum Gasteiger partial charge on any atom is -0.494 e. The van der Waals surface area contributed by atoms with Gasteiger partial charge in [0.1, 0.15) is 11.5 Å². The first-order valence-electron chi connectivity index (χ1n) is 12.1. The van der Waals surface area contributed by atoms with Crippen molar-refractivity contribution in [1.82, 2.24) is 0 Å². The van der Waals surface area contributed by atoms with Gasteiger partial charge in [-0.1, -0.05) is 24.3 Å². The highest BCUT2D eigenvalue weighted by Gasteiger charge is 2.18. The molecule has 40 heavy (non-hydrogen) atoms. The number of hydrogen-bond acceptors (Lipinski definition) is 7. The predicted octanol–water partition coefficient (Wildman–Crippen LogP) is 4.16. The Morgan fingerprint density at radius 2 is 1.45 bits per heavy atom. The monoisotopic (exact) mass is 548 g/mol. The molecule has 0 spiro atoms. The molecular weight excluding hydrogens is 520 g/mol. The van der Waals surface area contributed by atoms with Crippen molar-refractivity contribution in [3.05, 3.63) is 89.0 Å². The SMILES string of the molecule is CC(=O)CC(=O)C(=O)O.CCOc1ccc(C(=O)C=CC(=O)O)cc1.O=C(O)c1ccc2c3c(cccc13)CC2. The molecule has 10 nitrogen and oxygen atoms in total. The summed E-state index contributed by atoms with van der Waals surface area (Å²) >= 11 is 0. The van der Waals surface area contributed by atoms with Gasteiger partial charge in [-0.15, -0.1) is 0 Å². The fourth-order valence-electron chi connectivity index (χ4n) is 3.86. The van der Waals surface area contributed by atoms with E-state index < -0.39 is 35.9 Å². The van der Waals surface area contributed by atoms with Crippen molar-refractivity contribution in [1.29, 1.82) is 0 Å². The average Bonchev–Trinajstić information content (AvgIpc) is 3.33. The molecule has 0 fully saturated rings. The van der Waals surface area contributed by atoms with Gasteiger partial charge in [-0.25, -0.2) is 14.4 Å². The summed E-state index contributed by atoms with van der Waals surface area (Å²) < 4.78 is 5.22. The van der Waals surface area contributed by atoms with E-state index in [9.17, 15) is 28.8 Å². The van der Waals surface area contributed by atoms with Gasteiger partial charge in [-0.3, -0.25) is 14.4 Å². The summed E-state index contributed by atoms with van der Waals surface area (Å²) in [7, 11) is 0. The van der Waals surface area contributed by atoms with E-state index in [0.29, 0.717) is 23.5 Å². The lowest BCUT2D eigenvalue weighted by Gasteiger charge is -2.04. The smallest absolute Gasteiger partial charge is 0.372 e. The molecule has 0 unspecified atom stereocenters. The van der Waals surface area contributed by atoms with Crippen LogP contribution in [-0.4, -0.2) is 57.2 Å². The summed E-state index contributed by atoms with van der Waals surface area (Å²) in [5, 5.41) is 27.4. The fourth-order valence-corrected chi connectivity index (χ4v) is 3.86. The van der Waals surface area contributed by atoms with Gasteiger partial charge >= 0.3 is 17.9 Å². The van der Waals surface area contributed by atoms with Gasteiger partial charge in [-0.05, 0) is 85.0 Å². The number of ether oxygens (including phenoxy) is 1. The predicted molar refractivity (Wildman–Crippen MR) is 145 cm³/mol. The number of benzene rings is 3. The lowest BCUT2D eigenvalue weighted by Crippen LogP contribution is -2.15. The summed E-state index contributed by atoms with van der Waals surface area (Å²) in [6, 6.07) is 16.1. The number of aliphatic carboxylic acids is 2. The fraction of sp³-hybridized carbons (Fsp3) is 0.200. The van der Waals surface area contributed by atoms with Crippen molar-refractivity contribution in [2.75, 3.05) is 6.61 Å². The lowest BCUT2D eigenvalue weighted by atomic mass is 10.0. The molecular formula is C30H28O10. The largest absolute Gasteiger partial charge is 0.494 e. The van der Waals surface area contributed by atoms with Crippen LogP contribution in [0, 0.1) is 0 Å². The molecule has 0 amide bonds. The highest BCUT2D eigenvalue weighted by Crippen LogP contribution is 2.32. The summed E-state index contributed by atoms with van der Waals surface area (Å²) in [5.41, 5.74) is 3.41. The highest BCUT2D eigenvalue weighted by molar-refractivity contribution is 6.36. The van der Waals surface area contributed by atoms with E-state index in [-0.39, 0.29) is 5.78 Å². The van der Waals surface area contributed by atoms with Crippen molar-refractivity contribution in [2.24, 2.45) is 0 Å². The zero-order valence-electron chi connectivity index (χ0n) is 21.9. The quantitative estimate of drug-likeness (QED) is 0.152. The maximum atomic E-state index is 11.4. The minimum atomic E-state index is -1.55. The van der Waals surface area contributed by atoms with Gasteiger partial charge in [0.15, 0.2) is 5.78 Å². The van der Waals surface area contributed by atoms with Crippen LogP contribution in [0.3, 0.4) is 0 Å². The van der Waals surface area contributed by atoms with Crippen molar-refractivity contribution < 1.29 is 48.8 Å². The van der Waals surface area contributed by atoms with Crippen LogP contribution in [0.5, 0.6) is 5.75 Å². The molecule has 0 saturated carbocycles. The third kappa shape index (κ3) is 9.02. The van der Waals surface area contributed by atoms with Crippen LogP contribution in [0.4, 0.5) is 0 Å². The lowest BCUT2D eigenvalue weighted by molar-refractivity contribution is -0.150. The van der Waals surface area contributed by atoms with Crippen LogP contribution >= 0.6 is 0 Å². The Hall–Kier alpha value is -5.12. The van der Waals surface area contributed by atoms with E-state index in [1.807, 2.05) is 25.1 Å². The Morgan fingerprint density at radius 1 is 0.825 bits per heavy atom. The van der Waals surface area contributed by atoms with Crippen LogP contribution in [0.25, 0.3) is 10.8 Å². The highest BCUT2D eigenvalue weighted by atomic mass is 16.5. The number of carbonyl (C=O) groups excluding carboxylic acids is 3. The molecule has 0 aliphatic heterocycles. The number of carboxylic acids is 3. The minimum absolute atomic E-state index is 0.342. The molecule has 208 valence electrons. The Morgan fingerprint density at radius 3 is 1.95 bits per heavy atom. The van der Waals surface area contributed by atoms with Crippen LogP contribution in [0.15, 0.2) is 66.7 Å². The summed E-state index contributed by atoms with van der Waals surface area (Å²) in [5.74, 6) is -4.67. The third-order valence-corrected chi connectivity index (χ3v) is 5.58. The summed E-state index contributed by atoms with van der Waals surface area (Å²) in [6.07, 6.45) is 3.41. The number of carboxylic acid groups (broad SMARTS) is 3. The summed E-state index contributed by atoms with van der Waals surface area (Å²) in [6.45, 7) is 3.60. The third-order valence-electron chi connectivity index (χ3n) is 5.58. The van der Waals surface area contributed by atoms with Crippen LogP contribution in [-0.2, 0) is 32.0 Å². The molecule has 0 saturated heterocycles. The Bertz CT molecular complexity index is 1460. The van der Waals surface area contributed by atoms with Gasteiger partial charge in [0, 0.05) is 11.6 Å². The van der Waals surface area contributed by atoms with E-state index in [1.165, 1.54) is 18.1 Å². The number of hydrogen-bond donors (Lipinski definition) is 3. The van der Waals surface area contributed by atoms with Crippen LogP contribution < -0.4 is 4.74 Å². The molecule has 0 aromatic heterocycles. The van der Waals surface area contributed by atoms with Crippen molar-refractivity contribution in [3.63, 3.8) is 0 Å². The first-order chi connectivity index (χ1) is 18.9. The molecule has 3 aromatic carbocycles. The van der Waals surface area contributed by atoms with E-state index >= 15 is 0 Å². The van der Waals surface area contributed by atoms with E-state index in [4.69, 9.17) is 20.1 Å². The summed E-state index contributed by atoms with van der Waals surface area (Å²) in [4.78, 5) is 62.6. The second kappa shape index (κ2) is 14.7. The van der Waals surface area contributed by atoms with Crippen molar-refractivity contribution in [3.8, 4) is 5.75 Å². The van der Waals surface area contributed by atoms with Gasteiger partial charge in [0.2, 0.25) is 5.78 Å².